The summed E-state index contributed by atoms with van der Waals surface area (Å²) >= 11 is 1.59. The van der Waals surface area contributed by atoms with Crippen molar-refractivity contribution in [3.63, 3.8) is 0 Å². The standard InChI is InChI=1S/C17H23NO2S/c1-4-14-16(11-19)21-17(18-14)9-10-20-15-8-6-5-7-13(15)12(2)3/h5-8,12,19H,4,9-11H2,1-3H3. The maximum Gasteiger partial charge on any atom is 0.122 e. The molecule has 21 heavy (non-hydrogen) atoms. The third-order valence-electron chi connectivity index (χ3n) is 3.42. The molecule has 1 N–H and O–H groups in total. The SMILES string of the molecule is CCc1nc(CCOc2ccccc2C(C)C)sc1CO. The minimum Gasteiger partial charge on any atom is -0.493 e. The maximum atomic E-state index is 9.30. The number of benzene rings is 1. The fourth-order valence-electron chi connectivity index (χ4n) is 2.28. The lowest BCUT2D eigenvalue weighted by molar-refractivity contribution is 0.284. The topological polar surface area (TPSA) is 42.4 Å². The van der Waals surface area contributed by atoms with Crippen LogP contribution in [0, 0.1) is 0 Å². The van der Waals surface area contributed by atoms with Gasteiger partial charge in [0.1, 0.15) is 5.75 Å². The minimum absolute atomic E-state index is 0.0812. The molecule has 2 rings (SSSR count). The van der Waals surface area contributed by atoms with Crippen LogP contribution in [0.25, 0.3) is 0 Å². The van der Waals surface area contributed by atoms with Crippen LogP contribution in [0.5, 0.6) is 5.75 Å². The van der Waals surface area contributed by atoms with E-state index in [0.29, 0.717) is 12.5 Å². The van der Waals surface area contributed by atoms with Crippen molar-refractivity contribution in [2.45, 2.75) is 46.1 Å². The highest BCUT2D eigenvalue weighted by Crippen LogP contribution is 2.26. The van der Waals surface area contributed by atoms with E-state index in [-0.39, 0.29) is 6.61 Å². The third kappa shape index (κ3) is 4.05. The van der Waals surface area contributed by atoms with Crippen LogP contribution < -0.4 is 4.74 Å². The molecular formula is C17H23NO2S. The van der Waals surface area contributed by atoms with Crippen LogP contribution in [-0.4, -0.2) is 16.7 Å². The first-order valence-electron chi connectivity index (χ1n) is 7.45. The second-order valence-corrected chi connectivity index (χ2v) is 6.45. The van der Waals surface area contributed by atoms with Gasteiger partial charge in [0.05, 0.1) is 28.8 Å². The quantitative estimate of drug-likeness (QED) is 0.842. The van der Waals surface area contributed by atoms with Gasteiger partial charge in [0.15, 0.2) is 0 Å². The Morgan fingerprint density at radius 3 is 2.67 bits per heavy atom. The Labute approximate surface area is 130 Å². The van der Waals surface area contributed by atoms with Gasteiger partial charge < -0.3 is 9.84 Å². The number of hydrogen-bond donors (Lipinski definition) is 1. The number of rotatable bonds is 7. The largest absolute Gasteiger partial charge is 0.493 e. The van der Waals surface area contributed by atoms with Gasteiger partial charge in [-0.1, -0.05) is 39.0 Å². The number of aliphatic hydroxyl groups is 1. The molecule has 0 bridgehead atoms. The average molecular weight is 305 g/mol. The Morgan fingerprint density at radius 1 is 1.29 bits per heavy atom. The lowest BCUT2D eigenvalue weighted by atomic mass is 10.0. The summed E-state index contributed by atoms with van der Waals surface area (Å²) in [6.07, 6.45) is 1.65. The normalized spacial score (nSPS) is 11.1. The molecule has 0 aliphatic rings. The van der Waals surface area contributed by atoms with Crippen molar-refractivity contribution in [2.75, 3.05) is 6.61 Å². The highest BCUT2D eigenvalue weighted by molar-refractivity contribution is 7.11. The van der Waals surface area contributed by atoms with Gasteiger partial charge in [-0.2, -0.15) is 0 Å². The maximum absolute atomic E-state index is 9.30. The number of ether oxygens (including phenoxy) is 1. The van der Waals surface area contributed by atoms with Crippen molar-refractivity contribution in [1.29, 1.82) is 0 Å². The number of aromatic nitrogens is 1. The molecule has 1 aromatic heterocycles. The smallest absolute Gasteiger partial charge is 0.122 e. The molecule has 1 aromatic carbocycles. The molecular weight excluding hydrogens is 282 g/mol. The zero-order chi connectivity index (χ0) is 15.2. The molecule has 3 nitrogen and oxygen atoms in total. The number of aliphatic hydroxyl groups excluding tert-OH is 1. The minimum atomic E-state index is 0.0812. The van der Waals surface area contributed by atoms with Gasteiger partial charge in [-0.25, -0.2) is 4.98 Å². The van der Waals surface area contributed by atoms with Crippen molar-refractivity contribution in [3.05, 3.63) is 45.4 Å². The summed E-state index contributed by atoms with van der Waals surface area (Å²) in [4.78, 5) is 5.55. The summed E-state index contributed by atoms with van der Waals surface area (Å²) < 4.78 is 5.92. The van der Waals surface area contributed by atoms with E-state index in [1.54, 1.807) is 11.3 Å². The summed E-state index contributed by atoms with van der Waals surface area (Å²) in [5.41, 5.74) is 2.25. The monoisotopic (exact) mass is 305 g/mol. The van der Waals surface area contributed by atoms with E-state index in [1.165, 1.54) is 5.56 Å². The molecule has 0 fully saturated rings. The number of nitrogens with zero attached hydrogens (tertiary/aromatic N) is 1. The second-order valence-electron chi connectivity index (χ2n) is 5.28. The molecule has 4 heteroatoms. The van der Waals surface area contributed by atoms with Crippen LogP contribution in [0.3, 0.4) is 0 Å². The van der Waals surface area contributed by atoms with Crippen molar-refractivity contribution in [1.82, 2.24) is 4.98 Å². The van der Waals surface area contributed by atoms with Crippen molar-refractivity contribution in [2.24, 2.45) is 0 Å². The van der Waals surface area contributed by atoms with Crippen LogP contribution >= 0.6 is 11.3 Å². The molecule has 0 radical (unpaired) electrons. The van der Waals surface area contributed by atoms with E-state index in [1.807, 2.05) is 18.2 Å². The van der Waals surface area contributed by atoms with E-state index < -0.39 is 0 Å². The van der Waals surface area contributed by atoms with Crippen molar-refractivity contribution >= 4 is 11.3 Å². The van der Waals surface area contributed by atoms with E-state index in [4.69, 9.17) is 4.74 Å². The summed E-state index contributed by atoms with van der Waals surface area (Å²) in [5, 5.41) is 10.3. The average Bonchev–Trinajstić information content (AvgIpc) is 2.90. The van der Waals surface area contributed by atoms with Crippen LogP contribution in [0.15, 0.2) is 24.3 Å². The highest BCUT2D eigenvalue weighted by atomic mass is 32.1. The molecule has 1 heterocycles. The third-order valence-corrected chi connectivity index (χ3v) is 4.56. The highest BCUT2D eigenvalue weighted by Gasteiger charge is 2.10. The second kappa shape index (κ2) is 7.57. The Morgan fingerprint density at radius 2 is 2.05 bits per heavy atom. The Bertz CT molecular complexity index is 556. The van der Waals surface area contributed by atoms with Gasteiger partial charge in [-0.3, -0.25) is 0 Å². The lowest BCUT2D eigenvalue weighted by Crippen LogP contribution is -2.04. The zero-order valence-corrected chi connectivity index (χ0v) is 13.7. The summed E-state index contributed by atoms with van der Waals surface area (Å²) in [5.74, 6) is 1.41. The summed E-state index contributed by atoms with van der Waals surface area (Å²) in [6.45, 7) is 7.10. The predicted molar refractivity (Wildman–Crippen MR) is 87.1 cm³/mol. The van der Waals surface area contributed by atoms with Gasteiger partial charge in [-0.05, 0) is 24.0 Å². The van der Waals surface area contributed by atoms with Gasteiger partial charge in [-0.15, -0.1) is 11.3 Å². The van der Waals surface area contributed by atoms with Gasteiger partial charge in [0.25, 0.3) is 0 Å². The molecule has 0 atom stereocenters. The molecule has 0 saturated carbocycles. The van der Waals surface area contributed by atoms with Crippen LogP contribution in [0.2, 0.25) is 0 Å². The fourth-order valence-corrected chi connectivity index (χ4v) is 3.28. The number of para-hydroxylation sites is 1. The van der Waals surface area contributed by atoms with E-state index >= 15 is 0 Å². The molecule has 0 aliphatic heterocycles. The molecule has 0 saturated heterocycles. The summed E-state index contributed by atoms with van der Waals surface area (Å²) in [7, 11) is 0. The molecule has 0 spiro atoms. The first kappa shape index (κ1) is 16.0. The zero-order valence-electron chi connectivity index (χ0n) is 12.9. The number of hydrogen-bond acceptors (Lipinski definition) is 4. The van der Waals surface area contributed by atoms with Crippen molar-refractivity contribution < 1.29 is 9.84 Å². The molecule has 0 aliphatic carbocycles. The molecule has 0 amide bonds. The molecule has 0 unspecified atom stereocenters. The first-order chi connectivity index (χ1) is 10.2. The Kier molecular flexibility index (Phi) is 5.76. The first-order valence-corrected chi connectivity index (χ1v) is 8.27. The molecule has 114 valence electrons. The van der Waals surface area contributed by atoms with E-state index in [9.17, 15) is 5.11 Å². The Balaban J connectivity index is 1.97. The van der Waals surface area contributed by atoms with Gasteiger partial charge in [0.2, 0.25) is 0 Å². The van der Waals surface area contributed by atoms with Crippen LogP contribution in [0.1, 0.15) is 47.8 Å². The van der Waals surface area contributed by atoms with Gasteiger partial charge in [0, 0.05) is 6.42 Å². The van der Waals surface area contributed by atoms with Crippen LogP contribution in [0.4, 0.5) is 0 Å². The number of thiazole rings is 1. The van der Waals surface area contributed by atoms with Gasteiger partial charge >= 0.3 is 0 Å². The van der Waals surface area contributed by atoms with E-state index in [0.717, 1.165) is 34.2 Å². The lowest BCUT2D eigenvalue weighted by Gasteiger charge is -2.13. The van der Waals surface area contributed by atoms with Crippen molar-refractivity contribution in [3.8, 4) is 5.75 Å². The molecule has 2 aromatic rings. The Hall–Kier alpha value is -1.39. The fraction of sp³-hybridized carbons (Fsp3) is 0.471. The van der Waals surface area contributed by atoms with Crippen LogP contribution in [-0.2, 0) is 19.4 Å². The predicted octanol–water partition coefficient (Wildman–Crippen LogP) is 3.94. The summed E-state index contributed by atoms with van der Waals surface area (Å²) in [6, 6.07) is 8.18. The number of aryl methyl sites for hydroxylation is 1. The van der Waals surface area contributed by atoms with E-state index in [2.05, 4.69) is 31.8 Å².